The lowest BCUT2D eigenvalue weighted by Gasteiger charge is -2.17. The lowest BCUT2D eigenvalue weighted by molar-refractivity contribution is 0.610. The molecule has 1 aromatic heterocycles. The van der Waals surface area contributed by atoms with Gasteiger partial charge in [0.2, 0.25) is 0 Å². The van der Waals surface area contributed by atoms with Crippen LogP contribution in [0.3, 0.4) is 0 Å². The van der Waals surface area contributed by atoms with Crippen molar-refractivity contribution in [1.82, 2.24) is 9.78 Å². The Labute approximate surface area is 126 Å². The van der Waals surface area contributed by atoms with E-state index in [-0.39, 0.29) is 12.1 Å². The van der Waals surface area contributed by atoms with E-state index in [4.69, 9.17) is 17.3 Å². The van der Waals surface area contributed by atoms with Crippen LogP contribution in [-0.2, 0) is 6.54 Å². The number of nitrogens with zero attached hydrogens (tertiary/aromatic N) is 3. The molecule has 0 saturated heterocycles. The zero-order valence-electron chi connectivity index (χ0n) is 11.6. The molecule has 112 valence electrons. The van der Waals surface area contributed by atoms with Gasteiger partial charge >= 0.3 is 0 Å². The lowest BCUT2D eigenvalue weighted by atomic mass is 10.2. The molecule has 21 heavy (non-hydrogen) atoms. The van der Waals surface area contributed by atoms with Crippen LogP contribution in [0.25, 0.3) is 0 Å². The highest BCUT2D eigenvalue weighted by molar-refractivity contribution is 6.31. The van der Waals surface area contributed by atoms with Crippen molar-refractivity contribution in [1.29, 1.82) is 0 Å². The van der Waals surface area contributed by atoms with E-state index >= 15 is 0 Å². The van der Waals surface area contributed by atoms with Gasteiger partial charge in [-0.1, -0.05) is 11.6 Å². The molecule has 0 aliphatic heterocycles. The number of likely N-dealkylation sites (N-methyl/N-ethyl adjacent to an activating group) is 1. The fraction of sp³-hybridized carbons (Fsp3) is 0.286. The van der Waals surface area contributed by atoms with Crippen LogP contribution in [0.1, 0.15) is 5.56 Å². The van der Waals surface area contributed by atoms with Gasteiger partial charge in [-0.2, -0.15) is 5.10 Å². The van der Waals surface area contributed by atoms with E-state index in [0.29, 0.717) is 29.4 Å². The summed E-state index contributed by atoms with van der Waals surface area (Å²) >= 11 is 5.99. The van der Waals surface area contributed by atoms with E-state index < -0.39 is 5.82 Å². The summed E-state index contributed by atoms with van der Waals surface area (Å²) in [5.74, 6) is -0.401. The summed E-state index contributed by atoms with van der Waals surface area (Å²) in [5, 5.41) is 4.49. The van der Waals surface area contributed by atoms with Crippen LogP contribution < -0.4 is 16.2 Å². The predicted molar refractivity (Wildman–Crippen MR) is 81.3 cm³/mol. The number of halogens is 2. The summed E-state index contributed by atoms with van der Waals surface area (Å²) in [6, 6.07) is 5.49. The van der Waals surface area contributed by atoms with Gasteiger partial charge in [-0.3, -0.25) is 4.79 Å². The molecule has 0 amide bonds. The zero-order valence-corrected chi connectivity index (χ0v) is 12.3. The highest BCUT2D eigenvalue weighted by atomic mass is 35.5. The standard InChI is InChI=1S/C14H16ClFN4O/c1-19(5-4-17)12-7-14(21)20(18-8-12)9-10-6-11(16)2-3-13(10)15/h2-3,6-8H,4-5,9,17H2,1H3. The van der Waals surface area contributed by atoms with E-state index in [1.807, 2.05) is 11.9 Å². The third-order valence-electron chi connectivity index (χ3n) is 3.09. The van der Waals surface area contributed by atoms with Crippen molar-refractivity contribution < 1.29 is 4.39 Å². The van der Waals surface area contributed by atoms with E-state index in [1.54, 1.807) is 6.20 Å². The van der Waals surface area contributed by atoms with Crippen molar-refractivity contribution in [3.8, 4) is 0 Å². The average Bonchev–Trinajstić information content (AvgIpc) is 2.45. The van der Waals surface area contributed by atoms with Gasteiger partial charge in [-0.25, -0.2) is 9.07 Å². The minimum atomic E-state index is -0.401. The predicted octanol–water partition coefficient (Wildman–Crippen LogP) is 1.48. The van der Waals surface area contributed by atoms with Crippen LogP contribution in [-0.4, -0.2) is 29.9 Å². The summed E-state index contributed by atoms with van der Waals surface area (Å²) < 4.78 is 14.5. The molecule has 2 aromatic rings. The van der Waals surface area contributed by atoms with Crippen LogP contribution in [0.4, 0.5) is 10.1 Å². The minimum Gasteiger partial charge on any atom is -0.372 e. The maximum atomic E-state index is 13.2. The fourth-order valence-electron chi connectivity index (χ4n) is 1.90. The Morgan fingerprint density at radius 1 is 1.43 bits per heavy atom. The maximum Gasteiger partial charge on any atom is 0.269 e. The normalized spacial score (nSPS) is 10.7. The first kappa shape index (κ1) is 15.5. The number of benzene rings is 1. The molecule has 7 heteroatoms. The summed E-state index contributed by atoms with van der Waals surface area (Å²) in [6.45, 7) is 1.23. The van der Waals surface area contributed by atoms with Crippen LogP contribution in [0, 0.1) is 5.82 Å². The van der Waals surface area contributed by atoms with Crippen molar-refractivity contribution in [3.63, 3.8) is 0 Å². The Kier molecular flexibility index (Phi) is 4.93. The first-order valence-corrected chi connectivity index (χ1v) is 6.81. The van der Waals surface area contributed by atoms with Crippen LogP contribution in [0.5, 0.6) is 0 Å². The average molecular weight is 311 g/mol. The summed E-state index contributed by atoms with van der Waals surface area (Å²) in [6.07, 6.45) is 1.57. The summed E-state index contributed by atoms with van der Waals surface area (Å²) in [4.78, 5) is 13.9. The molecule has 0 aliphatic carbocycles. The van der Waals surface area contributed by atoms with Gasteiger partial charge in [0, 0.05) is 31.2 Å². The molecule has 2 rings (SSSR count). The van der Waals surface area contributed by atoms with Crippen LogP contribution in [0.2, 0.25) is 5.02 Å². The molecule has 1 heterocycles. The Hall–Kier alpha value is -1.92. The molecule has 0 fully saturated rings. The van der Waals surface area contributed by atoms with Crippen LogP contribution in [0.15, 0.2) is 35.3 Å². The van der Waals surface area contributed by atoms with Crippen molar-refractivity contribution in [2.45, 2.75) is 6.54 Å². The minimum absolute atomic E-state index is 0.121. The van der Waals surface area contributed by atoms with E-state index in [1.165, 1.54) is 28.9 Å². The van der Waals surface area contributed by atoms with Gasteiger partial charge in [0.1, 0.15) is 5.82 Å². The Bertz CT molecular complexity index is 689. The van der Waals surface area contributed by atoms with E-state index in [0.717, 1.165) is 0 Å². The SMILES string of the molecule is CN(CCN)c1cnn(Cc2cc(F)ccc2Cl)c(=O)c1. The smallest absolute Gasteiger partial charge is 0.269 e. The maximum absolute atomic E-state index is 13.2. The van der Waals surface area contributed by atoms with Gasteiger partial charge in [-0.15, -0.1) is 0 Å². The van der Waals surface area contributed by atoms with Crippen molar-refractivity contribution >= 4 is 17.3 Å². The van der Waals surface area contributed by atoms with Crippen molar-refractivity contribution in [2.75, 3.05) is 25.0 Å². The van der Waals surface area contributed by atoms with Gasteiger partial charge in [0.25, 0.3) is 5.56 Å². The van der Waals surface area contributed by atoms with Gasteiger partial charge < -0.3 is 10.6 Å². The molecule has 1 aromatic carbocycles. The molecule has 0 unspecified atom stereocenters. The Balaban J connectivity index is 2.25. The molecule has 0 saturated carbocycles. The zero-order chi connectivity index (χ0) is 15.4. The summed E-state index contributed by atoms with van der Waals surface area (Å²) in [5.41, 5.74) is 6.39. The van der Waals surface area contributed by atoms with Gasteiger partial charge in [-0.05, 0) is 23.8 Å². The number of nitrogens with two attached hydrogens (primary N) is 1. The number of aromatic nitrogens is 2. The molecule has 0 bridgehead atoms. The van der Waals surface area contributed by atoms with Crippen molar-refractivity contribution in [3.05, 3.63) is 57.2 Å². The summed E-state index contributed by atoms with van der Waals surface area (Å²) in [7, 11) is 1.83. The monoisotopic (exact) mass is 310 g/mol. The second-order valence-corrected chi connectivity index (χ2v) is 5.06. The first-order valence-electron chi connectivity index (χ1n) is 6.43. The second kappa shape index (κ2) is 6.69. The molecular formula is C14H16ClFN4O. The van der Waals surface area contributed by atoms with E-state index in [2.05, 4.69) is 5.10 Å². The Morgan fingerprint density at radius 2 is 2.19 bits per heavy atom. The molecule has 0 aliphatic rings. The highest BCUT2D eigenvalue weighted by Crippen LogP contribution is 2.17. The van der Waals surface area contributed by atoms with Gasteiger partial charge in [0.15, 0.2) is 0 Å². The molecule has 0 radical (unpaired) electrons. The number of hydrogen-bond acceptors (Lipinski definition) is 4. The third-order valence-corrected chi connectivity index (χ3v) is 3.46. The molecule has 2 N–H and O–H groups in total. The fourth-order valence-corrected chi connectivity index (χ4v) is 2.08. The third kappa shape index (κ3) is 3.80. The molecule has 0 atom stereocenters. The molecule has 5 nitrogen and oxygen atoms in total. The van der Waals surface area contributed by atoms with Crippen LogP contribution >= 0.6 is 11.6 Å². The van der Waals surface area contributed by atoms with Crippen molar-refractivity contribution in [2.24, 2.45) is 5.73 Å². The Morgan fingerprint density at radius 3 is 2.86 bits per heavy atom. The molecular weight excluding hydrogens is 295 g/mol. The quantitative estimate of drug-likeness (QED) is 0.908. The highest BCUT2D eigenvalue weighted by Gasteiger charge is 2.08. The first-order chi connectivity index (χ1) is 10.0. The largest absolute Gasteiger partial charge is 0.372 e. The lowest BCUT2D eigenvalue weighted by Crippen LogP contribution is -2.29. The topological polar surface area (TPSA) is 64.2 Å². The molecule has 0 spiro atoms. The number of hydrogen-bond donors (Lipinski definition) is 1. The number of rotatable bonds is 5. The second-order valence-electron chi connectivity index (χ2n) is 4.66. The number of anilines is 1. The van der Waals surface area contributed by atoms with Gasteiger partial charge in [0.05, 0.1) is 18.4 Å². The van der Waals surface area contributed by atoms with E-state index in [9.17, 15) is 9.18 Å².